The van der Waals surface area contributed by atoms with Crippen molar-refractivity contribution < 1.29 is 14.0 Å². The van der Waals surface area contributed by atoms with E-state index in [-0.39, 0.29) is 35.2 Å². The Morgan fingerprint density at radius 1 is 1.29 bits per heavy atom. The molecule has 3 aromatic rings. The van der Waals surface area contributed by atoms with Crippen LogP contribution < -0.4 is 27.0 Å². The molecule has 0 saturated carbocycles. The van der Waals surface area contributed by atoms with Gasteiger partial charge in [-0.15, -0.1) is 0 Å². The topological polar surface area (TPSA) is 144 Å². The average molecular weight is 469 g/mol. The fourth-order valence-electron chi connectivity index (χ4n) is 4.08. The highest BCUT2D eigenvalue weighted by Crippen LogP contribution is 2.32. The lowest BCUT2D eigenvalue weighted by Gasteiger charge is -2.21. The number of carbonyl (C=O) groups excluding carboxylic acids is 2. The van der Waals surface area contributed by atoms with E-state index in [0.29, 0.717) is 30.9 Å². The summed E-state index contributed by atoms with van der Waals surface area (Å²) in [7, 11) is 1.81. The standard InChI is InChI=1S/C23H29FN8O2/c1-4-17(25)12(2)27-22-16(24)11-15(20(26)34)21(29-22)28-13-7-8-18-14(10-13)23(30-31(18)3)32-9-5-6-19(32)33/h7-8,10-12,17H,4-6,9,25H2,1-3H3,(H2,26,34)(H2,27,28,29)/t12-,17+/m1/s1. The highest BCUT2D eigenvalue weighted by Gasteiger charge is 2.26. The minimum Gasteiger partial charge on any atom is -0.365 e. The van der Waals surface area contributed by atoms with Crippen LogP contribution in [0.2, 0.25) is 0 Å². The second-order valence-corrected chi connectivity index (χ2v) is 8.54. The van der Waals surface area contributed by atoms with E-state index in [4.69, 9.17) is 11.5 Å². The first kappa shape index (κ1) is 23.4. The number of nitrogens with one attached hydrogen (secondary N) is 2. The highest BCUT2D eigenvalue weighted by molar-refractivity contribution is 6.04. The van der Waals surface area contributed by atoms with E-state index in [9.17, 15) is 14.0 Å². The smallest absolute Gasteiger partial charge is 0.252 e. The molecule has 0 radical (unpaired) electrons. The van der Waals surface area contributed by atoms with Gasteiger partial charge < -0.3 is 22.1 Å². The van der Waals surface area contributed by atoms with Crippen molar-refractivity contribution in [3.8, 4) is 0 Å². The fraction of sp³-hybridized carbons (Fsp3) is 0.391. The van der Waals surface area contributed by atoms with Gasteiger partial charge in [0.15, 0.2) is 17.5 Å². The predicted octanol–water partition coefficient (Wildman–Crippen LogP) is 2.61. The van der Waals surface area contributed by atoms with Crippen LogP contribution in [0.3, 0.4) is 0 Å². The number of nitrogens with zero attached hydrogens (tertiary/aromatic N) is 4. The van der Waals surface area contributed by atoms with Crippen molar-refractivity contribution in [2.75, 3.05) is 22.1 Å². The maximum atomic E-state index is 14.7. The number of amides is 2. The molecule has 1 aliphatic heterocycles. The van der Waals surface area contributed by atoms with Crippen LogP contribution in [-0.4, -0.2) is 45.2 Å². The Labute approximate surface area is 196 Å². The fourth-order valence-corrected chi connectivity index (χ4v) is 4.08. The van der Waals surface area contributed by atoms with Crippen LogP contribution in [-0.2, 0) is 11.8 Å². The molecule has 0 unspecified atom stereocenters. The third kappa shape index (κ3) is 4.38. The molecule has 34 heavy (non-hydrogen) atoms. The van der Waals surface area contributed by atoms with Crippen molar-refractivity contribution in [3.63, 3.8) is 0 Å². The number of carbonyl (C=O) groups is 2. The monoisotopic (exact) mass is 468 g/mol. The molecule has 0 bridgehead atoms. The Kier molecular flexibility index (Phi) is 6.38. The summed E-state index contributed by atoms with van der Waals surface area (Å²) in [6.07, 6.45) is 1.98. The molecule has 2 amide bonds. The SMILES string of the molecule is CC[C@H](N)[C@@H](C)Nc1nc(Nc2ccc3c(c2)c(N2CCCC2=O)nn3C)c(C(N)=O)cc1F. The molecule has 0 spiro atoms. The number of rotatable bonds is 8. The normalized spacial score (nSPS) is 15.6. The quantitative estimate of drug-likeness (QED) is 0.398. The molecular weight excluding hydrogens is 439 g/mol. The van der Waals surface area contributed by atoms with Crippen molar-refractivity contribution in [2.24, 2.45) is 18.5 Å². The van der Waals surface area contributed by atoms with Crippen LogP contribution >= 0.6 is 0 Å². The van der Waals surface area contributed by atoms with Crippen LogP contribution in [0.15, 0.2) is 24.3 Å². The van der Waals surface area contributed by atoms with E-state index in [1.54, 1.807) is 15.6 Å². The molecule has 1 saturated heterocycles. The first-order chi connectivity index (χ1) is 16.2. The third-order valence-corrected chi connectivity index (χ3v) is 6.14. The molecule has 4 rings (SSSR count). The van der Waals surface area contributed by atoms with Gasteiger partial charge in [-0.1, -0.05) is 6.92 Å². The molecule has 2 aromatic heterocycles. The first-order valence-electron chi connectivity index (χ1n) is 11.3. The summed E-state index contributed by atoms with van der Waals surface area (Å²) in [5.41, 5.74) is 12.9. The van der Waals surface area contributed by atoms with E-state index in [1.165, 1.54) is 0 Å². The van der Waals surface area contributed by atoms with Crippen molar-refractivity contribution in [1.82, 2.24) is 14.8 Å². The number of hydrogen-bond acceptors (Lipinski definition) is 7. The molecule has 1 fully saturated rings. The van der Waals surface area contributed by atoms with E-state index in [1.807, 2.05) is 33.0 Å². The third-order valence-electron chi connectivity index (χ3n) is 6.14. The van der Waals surface area contributed by atoms with Crippen LogP contribution in [0.25, 0.3) is 10.9 Å². The maximum Gasteiger partial charge on any atom is 0.252 e. The minimum absolute atomic E-state index is 0.0321. The number of aromatic nitrogens is 3. The second kappa shape index (κ2) is 9.26. The molecular formula is C23H29FN8O2. The van der Waals surface area contributed by atoms with Gasteiger partial charge in [0.25, 0.3) is 5.91 Å². The zero-order valence-corrected chi connectivity index (χ0v) is 19.4. The van der Waals surface area contributed by atoms with Gasteiger partial charge in [-0.3, -0.25) is 19.2 Å². The molecule has 11 heteroatoms. The molecule has 3 heterocycles. The van der Waals surface area contributed by atoms with Gasteiger partial charge in [-0.05, 0) is 44.0 Å². The number of anilines is 4. The van der Waals surface area contributed by atoms with Crippen LogP contribution in [0, 0.1) is 5.82 Å². The van der Waals surface area contributed by atoms with Gasteiger partial charge in [0, 0.05) is 43.2 Å². The Morgan fingerprint density at radius 2 is 2.06 bits per heavy atom. The average Bonchev–Trinajstić information content (AvgIpc) is 3.37. The largest absolute Gasteiger partial charge is 0.365 e. The number of benzene rings is 1. The molecule has 180 valence electrons. The number of aryl methyl sites for hydroxylation is 1. The first-order valence-corrected chi connectivity index (χ1v) is 11.3. The number of halogens is 1. The Balaban J connectivity index is 1.72. The number of hydrogen-bond donors (Lipinski definition) is 4. The lowest BCUT2D eigenvalue weighted by molar-refractivity contribution is -0.117. The summed E-state index contributed by atoms with van der Waals surface area (Å²) in [5.74, 6) is -0.831. The van der Waals surface area contributed by atoms with E-state index in [0.717, 1.165) is 23.4 Å². The summed E-state index contributed by atoms with van der Waals surface area (Å²) in [4.78, 5) is 30.3. The van der Waals surface area contributed by atoms with Crippen molar-refractivity contribution in [1.29, 1.82) is 0 Å². The molecule has 1 aromatic carbocycles. The highest BCUT2D eigenvalue weighted by atomic mass is 19.1. The predicted molar refractivity (Wildman–Crippen MR) is 130 cm³/mol. The van der Waals surface area contributed by atoms with Gasteiger partial charge in [-0.25, -0.2) is 9.37 Å². The molecule has 2 atom stereocenters. The second-order valence-electron chi connectivity index (χ2n) is 8.54. The molecule has 10 nitrogen and oxygen atoms in total. The van der Waals surface area contributed by atoms with Gasteiger partial charge in [0.1, 0.15) is 5.82 Å². The summed E-state index contributed by atoms with van der Waals surface area (Å²) < 4.78 is 16.4. The summed E-state index contributed by atoms with van der Waals surface area (Å²) in [6, 6.07) is 6.07. The van der Waals surface area contributed by atoms with Gasteiger partial charge in [0.05, 0.1) is 11.1 Å². The van der Waals surface area contributed by atoms with Crippen LogP contribution in [0.4, 0.5) is 27.5 Å². The van der Waals surface area contributed by atoms with E-state index in [2.05, 4.69) is 20.7 Å². The number of pyridine rings is 1. The van der Waals surface area contributed by atoms with Gasteiger partial charge in [-0.2, -0.15) is 5.10 Å². The van der Waals surface area contributed by atoms with Crippen molar-refractivity contribution >= 4 is 45.9 Å². The summed E-state index contributed by atoms with van der Waals surface area (Å²) in [5, 5.41) is 11.4. The van der Waals surface area contributed by atoms with E-state index < -0.39 is 11.7 Å². The number of fused-ring (bicyclic) bond motifs is 1. The Bertz CT molecular complexity index is 1260. The lowest BCUT2D eigenvalue weighted by Crippen LogP contribution is -2.38. The van der Waals surface area contributed by atoms with Gasteiger partial charge >= 0.3 is 0 Å². The Hall–Kier alpha value is -3.73. The van der Waals surface area contributed by atoms with Crippen LogP contribution in [0.5, 0.6) is 0 Å². The molecule has 6 N–H and O–H groups in total. The van der Waals surface area contributed by atoms with E-state index >= 15 is 0 Å². The molecule has 0 aliphatic carbocycles. The minimum atomic E-state index is -0.815. The van der Waals surface area contributed by atoms with Crippen molar-refractivity contribution in [2.45, 2.75) is 45.2 Å². The van der Waals surface area contributed by atoms with Crippen molar-refractivity contribution in [3.05, 3.63) is 35.6 Å². The zero-order chi connectivity index (χ0) is 24.6. The number of primary amides is 1. The maximum absolute atomic E-state index is 14.7. The zero-order valence-electron chi connectivity index (χ0n) is 19.4. The van der Waals surface area contributed by atoms with Crippen LogP contribution in [0.1, 0.15) is 43.5 Å². The molecule has 1 aliphatic rings. The lowest BCUT2D eigenvalue weighted by atomic mass is 10.1. The summed E-state index contributed by atoms with van der Waals surface area (Å²) in [6.45, 7) is 4.39. The number of nitrogens with two attached hydrogens (primary N) is 2. The van der Waals surface area contributed by atoms with Gasteiger partial charge in [0.2, 0.25) is 5.91 Å². The summed E-state index contributed by atoms with van der Waals surface area (Å²) >= 11 is 0. The Morgan fingerprint density at radius 3 is 2.71 bits per heavy atom.